The number of rotatable bonds is 1. The Morgan fingerprint density at radius 2 is 1.46 bits per heavy atom. The number of ether oxygens (including phenoxy) is 1. The number of nitrogens with zero attached hydrogens (tertiary/aromatic N) is 1. The van der Waals surface area contributed by atoms with E-state index in [4.69, 9.17) is 9.73 Å². The molecule has 1 aliphatic heterocycles. The second-order valence-corrected chi connectivity index (χ2v) is 7.24. The second-order valence-electron chi connectivity index (χ2n) is 7.24. The lowest BCUT2D eigenvalue weighted by atomic mass is 9.95. The van der Waals surface area contributed by atoms with Gasteiger partial charge in [0.2, 0.25) is 5.90 Å². The Labute approximate surface area is 142 Å². The van der Waals surface area contributed by atoms with Gasteiger partial charge in [-0.15, -0.1) is 0 Å². The summed E-state index contributed by atoms with van der Waals surface area (Å²) in [6.45, 7) is 6.28. The molecule has 0 amide bonds. The lowest BCUT2D eigenvalue weighted by Crippen LogP contribution is -2.15. The molecule has 24 heavy (non-hydrogen) atoms. The molecule has 3 aromatic carbocycles. The summed E-state index contributed by atoms with van der Waals surface area (Å²) in [7, 11) is 0. The minimum Gasteiger partial charge on any atom is -0.464 e. The van der Waals surface area contributed by atoms with E-state index >= 15 is 0 Å². The summed E-state index contributed by atoms with van der Waals surface area (Å²) in [5, 5.41) is 2.47. The summed E-state index contributed by atoms with van der Waals surface area (Å²) in [5.74, 6) is 0.746. The maximum Gasteiger partial charge on any atom is 0.217 e. The van der Waals surface area contributed by atoms with E-state index in [0.717, 1.165) is 11.5 Å². The number of fused-ring (bicyclic) bond motifs is 2. The van der Waals surface area contributed by atoms with Crippen LogP contribution in [-0.2, 0) is 4.74 Å². The van der Waals surface area contributed by atoms with Gasteiger partial charge in [0, 0.05) is 16.7 Å². The van der Waals surface area contributed by atoms with Crippen molar-refractivity contribution in [3.05, 3.63) is 83.4 Å². The molecule has 0 fully saturated rings. The van der Waals surface area contributed by atoms with Crippen LogP contribution in [-0.4, -0.2) is 11.4 Å². The molecule has 1 atom stereocenters. The smallest absolute Gasteiger partial charge is 0.217 e. The molecule has 120 valence electrons. The highest BCUT2D eigenvalue weighted by Crippen LogP contribution is 2.39. The highest BCUT2D eigenvalue weighted by atomic mass is 16.5. The Hall–Kier alpha value is -2.61. The van der Waals surface area contributed by atoms with Crippen LogP contribution >= 0.6 is 0 Å². The second kappa shape index (κ2) is 5.48. The maximum absolute atomic E-state index is 6.35. The van der Waals surface area contributed by atoms with Gasteiger partial charge >= 0.3 is 0 Å². The molecule has 1 unspecified atom stereocenters. The first-order chi connectivity index (χ1) is 11.5. The van der Waals surface area contributed by atoms with Crippen molar-refractivity contribution in [1.29, 1.82) is 0 Å². The number of hydrogen-bond acceptors (Lipinski definition) is 2. The van der Waals surface area contributed by atoms with Crippen molar-refractivity contribution < 1.29 is 4.74 Å². The summed E-state index contributed by atoms with van der Waals surface area (Å²) in [4.78, 5) is 4.80. The largest absolute Gasteiger partial charge is 0.464 e. The Morgan fingerprint density at radius 3 is 2.29 bits per heavy atom. The van der Waals surface area contributed by atoms with Crippen LogP contribution in [0.2, 0.25) is 0 Å². The van der Waals surface area contributed by atoms with Gasteiger partial charge in [-0.05, 0) is 37.6 Å². The lowest BCUT2D eigenvalue weighted by molar-refractivity contribution is 0.250. The lowest BCUT2D eigenvalue weighted by Gasteiger charge is -2.16. The molecule has 0 saturated carbocycles. The van der Waals surface area contributed by atoms with Crippen LogP contribution in [0.15, 0.2) is 71.7 Å². The molecule has 0 spiro atoms. The van der Waals surface area contributed by atoms with Gasteiger partial charge in [0.05, 0.1) is 5.54 Å². The molecule has 1 heterocycles. The highest BCUT2D eigenvalue weighted by molar-refractivity contribution is 6.00. The quantitative estimate of drug-likeness (QED) is 0.580. The van der Waals surface area contributed by atoms with E-state index in [2.05, 4.69) is 81.4 Å². The van der Waals surface area contributed by atoms with Crippen molar-refractivity contribution in [1.82, 2.24) is 0 Å². The summed E-state index contributed by atoms with van der Waals surface area (Å²) >= 11 is 0. The van der Waals surface area contributed by atoms with Gasteiger partial charge in [0.15, 0.2) is 6.10 Å². The normalized spacial score (nSPS) is 18.6. The van der Waals surface area contributed by atoms with E-state index in [0.29, 0.717) is 0 Å². The first-order valence-electron chi connectivity index (χ1n) is 8.36. The van der Waals surface area contributed by atoms with Crippen LogP contribution in [0.1, 0.15) is 43.6 Å². The van der Waals surface area contributed by atoms with Gasteiger partial charge in [-0.2, -0.15) is 0 Å². The van der Waals surface area contributed by atoms with Crippen molar-refractivity contribution >= 4 is 16.7 Å². The molecule has 3 aromatic rings. The predicted molar refractivity (Wildman–Crippen MR) is 99.6 cm³/mol. The van der Waals surface area contributed by atoms with Crippen molar-refractivity contribution in [2.75, 3.05) is 0 Å². The number of hydrogen-bond donors (Lipinski definition) is 0. The molecule has 4 rings (SSSR count). The molecule has 0 aliphatic carbocycles. The SMILES string of the molecule is CC(C)(C)N=C1OC(c2cccc3ccccc23)c2ccccc21. The van der Waals surface area contributed by atoms with E-state index in [1.165, 1.54) is 21.9 Å². The highest BCUT2D eigenvalue weighted by Gasteiger charge is 2.32. The summed E-state index contributed by atoms with van der Waals surface area (Å²) in [6.07, 6.45) is -0.103. The van der Waals surface area contributed by atoms with Gasteiger partial charge < -0.3 is 4.74 Å². The molecular weight excluding hydrogens is 294 g/mol. The molecular formula is C22H21NO. The summed E-state index contributed by atoms with van der Waals surface area (Å²) in [5.41, 5.74) is 3.32. The Kier molecular flexibility index (Phi) is 3.42. The fraction of sp³-hybridized carbons (Fsp3) is 0.227. The number of aliphatic imine (C=N–C) groups is 1. The van der Waals surface area contributed by atoms with Gasteiger partial charge in [-0.3, -0.25) is 0 Å². The Balaban J connectivity index is 1.90. The Bertz CT molecular complexity index is 929. The van der Waals surface area contributed by atoms with Gasteiger partial charge in [-0.25, -0.2) is 4.99 Å². The van der Waals surface area contributed by atoms with Crippen molar-refractivity contribution in [3.63, 3.8) is 0 Å². The van der Waals surface area contributed by atoms with Crippen molar-refractivity contribution in [2.24, 2.45) is 4.99 Å². The zero-order valence-corrected chi connectivity index (χ0v) is 14.3. The predicted octanol–water partition coefficient (Wildman–Crippen LogP) is 5.50. The zero-order chi connectivity index (χ0) is 16.7. The zero-order valence-electron chi connectivity index (χ0n) is 14.3. The molecule has 0 radical (unpaired) electrons. The third-order valence-electron chi connectivity index (χ3n) is 4.25. The molecule has 2 nitrogen and oxygen atoms in total. The number of benzene rings is 3. The monoisotopic (exact) mass is 315 g/mol. The summed E-state index contributed by atoms with van der Waals surface area (Å²) in [6, 6.07) is 23.2. The minimum absolute atomic E-state index is 0.103. The Morgan fingerprint density at radius 1 is 0.792 bits per heavy atom. The average molecular weight is 315 g/mol. The van der Waals surface area contributed by atoms with Crippen molar-refractivity contribution in [2.45, 2.75) is 32.4 Å². The van der Waals surface area contributed by atoms with Gasteiger partial charge in [0.25, 0.3) is 0 Å². The van der Waals surface area contributed by atoms with Crippen LogP contribution in [0.4, 0.5) is 0 Å². The standard InChI is InChI=1S/C22H21NO/c1-22(2,3)23-21-19-13-7-6-12-18(19)20(24-21)17-14-8-10-15-9-4-5-11-16(15)17/h4-14,20H,1-3H3. The third kappa shape index (κ3) is 2.58. The van der Waals surface area contributed by atoms with E-state index in [9.17, 15) is 0 Å². The van der Waals surface area contributed by atoms with E-state index in [1.807, 2.05) is 6.07 Å². The minimum atomic E-state index is -0.171. The van der Waals surface area contributed by atoms with Crippen LogP contribution < -0.4 is 0 Å². The third-order valence-corrected chi connectivity index (χ3v) is 4.25. The average Bonchev–Trinajstić information content (AvgIpc) is 2.91. The van der Waals surface area contributed by atoms with Crippen LogP contribution in [0.5, 0.6) is 0 Å². The van der Waals surface area contributed by atoms with Gasteiger partial charge in [-0.1, -0.05) is 60.7 Å². The molecule has 0 N–H and O–H groups in total. The summed E-state index contributed by atoms with van der Waals surface area (Å²) < 4.78 is 6.35. The maximum atomic E-state index is 6.35. The van der Waals surface area contributed by atoms with E-state index in [-0.39, 0.29) is 11.6 Å². The first kappa shape index (κ1) is 14.9. The molecule has 0 aromatic heterocycles. The fourth-order valence-corrected chi connectivity index (χ4v) is 3.26. The van der Waals surface area contributed by atoms with Crippen LogP contribution in [0.25, 0.3) is 10.8 Å². The van der Waals surface area contributed by atoms with E-state index in [1.54, 1.807) is 0 Å². The van der Waals surface area contributed by atoms with Crippen LogP contribution in [0, 0.1) is 0 Å². The molecule has 0 bridgehead atoms. The van der Waals surface area contributed by atoms with E-state index < -0.39 is 0 Å². The topological polar surface area (TPSA) is 21.6 Å². The molecule has 0 saturated heterocycles. The van der Waals surface area contributed by atoms with Crippen molar-refractivity contribution in [3.8, 4) is 0 Å². The van der Waals surface area contributed by atoms with Crippen LogP contribution in [0.3, 0.4) is 0 Å². The fourth-order valence-electron chi connectivity index (χ4n) is 3.26. The molecule has 2 heteroatoms. The first-order valence-corrected chi connectivity index (χ1v) is 8.36. The molecule has 1 aliphatic rings. The van der Waals surface area contributed by atoms with Gasteiger partial charge in [0.1, 0.15) is 0 Å².